The SMILES string of the molecule is C=Cc1c(C=C)c(-c2ccccc2)c2cc(-c3ccc4c(c3)c3ccccc3c(=O)n4-c3cccnc3)ccc2c1-c1ccccc1. The van der Waals surface area contributed by atoms with Crippen LogP contribution < -0.4 is 5.56 Å². The van der Waals surface area contributed by atoms with E-state index in [1.165, 1.54) is 0 Å². The van der Waals surface area contributed by atoms with E-state index in [-0.39, 0.29) is 5.56 Å². The Hall–Kier alpha value is -6.32. The fraction of sp³-hybridized carbons (Fsp3) is 0. The molecule has 3 heteroatoms. The van der Waals surface area contributed by atoms with Crippen LogP contribution in [0.5, 0.6) is 0 Å². The highest BCUT2D eigenvalue weighted by Gasteiger charge is 2.20. The summed E-state index contributed by atoms with van der Waals surface area (Å²) in [6.45, 7) is 8.52. The molecule has 0 saturated heterocycles. The van der Waals surface area contributed by atoms with Gasteiger partial charge >= 0.3 is 0 Å². The maximum Gasteiger partial charge on any atom is 0.263 e. The summed E-state index contributed by atoms with van der Waals surface area (Å²) in [5.74, 6) is 0. The third kappa shape index (κ3) is 4.60. The van der Waals surface area contributed by atoms with Crippen molar-refractivity contribution in [3.63, 3.8) is 0 Å². The summed E-state index contributed by atoms with van der Waals surface area (Å²) in [4.78, 5) is 18.1. The van der Waals surface area contributed by atoms with Crippen molar-refractivity contribution in [2.75, 3.05) is 0 Å². The molecule has 222 valence electrons. The Morgan fingerprint density at radius 3 is 1.70 bits per heavy atom. The first-order valence-electron chi connectivity index (χ1n) is 15.7. The molecule has 0 bridgehead atoms. The van der Waals surface area contributed by atoms with Crippen molar-refractivity contribution in [1.82, 2.24) is 9.55 Å². The average Bonchev–Trinajstić information content (AvgIpc) is 3.14. The summed E-state index contributed by atoms with van der Waals surface area (Å²) < 4.78 is 1.77. The molecular weight excluding hydrogens is 572 g/mol. The summed E-state index contributed by atoms with van der Waals surface area (Å²) >= 11 is 0. The lowest BCUT2D eigenvalue weighted by atomic mass is 9.82. The minimum atomic E-state index is -0.0597. The average molecular weight is 603 g/mol. The standard InChI is InChI=1S/C44H30N2O/c1-3-34-35(4-2)43(30-16-9-6-10-17-30)40-27-31(21-23-37(40)42(34)29-14-7-5-8-15-29)32-22-24-41-39(26-32)36-19-11-12-20-38(36)44(47)46(41)33-18-13-25-45-28-33/h3-28H,1-2H2. The Morgan fingerprint density at radius 2 is 1.09 bits per heavy atom. The molecule has 8 rings (SSSR count). The van der Waals surface area contributed by atoms with Crippen molar-refractivity contribution in [3.05, 3.63) is 180 Å². The van der Waals surface area contributed by atoms with Crippen molar-refractivity contribution < 1.29 is 0 Å². The number of fused-ring (bicyclic) bond motifs is 4. The largest absolute Gasteiger partial charge is 0.275 e. The van der Waals surface area contributed by atoms with E-state index in [2.05, 4.69) is 103 Å². The van der Waals surface area contributed by atoms with Crippen LogP contribution in [0, 0.1) is 0 Å². The predicted molar refractivity (Wildman–Crippen MR) is 199 cm³/mol. The molecule has 0 aliphatic rings. The summed E-state index contributed by atoms with van der Waals surface area (Å²) in [6.07, 6.45) is 7.36. The van der Waals surface area contributed by atoms with Crippen LogP contribution in [-0.2, 0) is 0 Å². The van der Waals surface area contributed by atoms with Crippen LogP contribution in [-0.4, -0.2) is 9.55 Å². The van der Waals surface area contributed by atoms with E-state index in [0.29, 0.717) is 5.39 Å². The Kier molecular flexibility index (Phi) is 6.93. The van der Waals surface area contributed by atoms with E-state index in [9.17, 15) is 4.79 Å². The maximum atomic E-state index is 13.8. The molecule has 8 aromatic rings. The molecule has 0 amide bonds. The molecule has 0 fully saturated rings. The lowest BCUT2D eigenvalue weighted by molar-refractivity contribution is 1.04. The molecule has 0 aliphatic carbocycles. The van der Waals surface area contributed by atoms with Gasteiger partial charge in [-0.1, -0.05) is 122 Å². The van der Waals surface area contributed by atoms with Crippen LogP contribution in [0.15, 0.2) is 164 Å². The van der Waals surface area contributed by atoms with Crippen LogP contribution in [0.25, 0.3) is 83.7 Å². The van der Waals surface area contributed by atoms with Crippen molar-refractivity contribution in [2.45, 2.75) is 0 Å². The Morgan fingerprint density at radius 1 is 0.511 bits per heavy atom. The normalized spacial score (nSPS) is 11.2. The van der Waals surface area contributed by atoms with Crippen LogP contribution in [0.2, 0.25) is 0 Å². The van der Waals surface area contributed by atoms with Gasteiger partial charge < -0.3 is 0 Å². The van der Waals surface area contributed by atoms with Crippen LogP contribution in [0.3, 0.4) is 0 Å². The molecule has 2 heterocycles. The van der Waals surface area contributed by atoms with Gasteiger partial charge in [0, 0.05) is 17.0 Å². The second-order valence-corrected chi connectivity index (χ2v) is 11.6. The van der Waals surface area contributed by atoms with Gasteiger partial charge in [0.05, 0.1) is 17.4 Å². The molecule has 0 N–H and O–H groups in total. The van der Waals surface area contributed by atoms with E-state index in [1.807, 2.05) is 60.7 Å². The number of aromatic nitrogens is 2. The second-order valence-electron chi connectivity index (χ2n) is 11.6. The number of hydrogen-bond donors (Lipinski definition) is 0. The van der Waals surface area contributed by atoms with Gasteiger partial charge in [-0.25, -0.2) is 0 Å². The molecule has 47 heavy (non-hydrogen) atoms. The molecule has 0 radical (unpaired) electrons. The first-order chi connectivity index (χ1) is 23.2. The van der Waals surface area contributed by atoms with E-state index in [0.717, 1.165) is 77.3 Å². The molecule has 6 aromatic carbocycles. The van der Waals surface area contributed by atoms with Crippen molar-refractivity contribution in [3.8, 4) is 39.1 Å². The highest BCUT2D eigenvalue weighted by molar-refractivity contribution is 6.13. The van der Waals surface area contributed by atoms with Gasteiger partial charge in [-0.2, -0.15) is 0 Å². The lowest BCUT2D eigenvalue weighted by Crippen LogP contribution is -2.19. The highest BCUT2D eigenvalue weighted by Crippen LogP contribution is 2.44. The number of rotatable bonds is 6. The first-order valence-corrected chi connectivity index (χ1v) is 15.7. The number of benzene rings is 6. The zero-order valence-corrected chi connectivity index (χ0v) is 25.7. The number of pyridine rings is 2. The predicted octanol–water partition coefficient (Wildman–Crippen LogP) is 11.0. The Balaban J connectivity index is 1.45. The van der Waals surface area contributed by atoms with E-state index < -0.39 is 0 Å². The van der Waals surface area contributed by atoms with Crippen LogP contribution in [0.1, 0.15) is 11.1 Å². The van der Waals surface area contributed by atoms with Crippen LogP contribution >= 0.6 is 0 Å². The quantitative estimate of drug-likeness (QED) is 0.178. The highest BCUT2D eigenvalue weighted by atomic mass is 16.1. The van der Waals surface area contributed by atoms with Gasteiger partial charge in [0.25, 0.3) is 5.56 Å². The van der Waals surface area contributed by atoms with Crippen molar-refractivity contribution >= 4 is 44.6 Å². The Labute approximate surface area is 273 Å². The van der Waals surface area contributed by atoms with Gasteiger partial charge in [-0.05, 0) is 97.1 Å². The van der Waals surface area contributed by atoms with Gasteiger partial charge in [-0.15, -0.1) is 0 Å². The topological polar surface area (TPSA) is 34.9 Å². The smallest absolute Gasteiger partial charge is 0.263 e. The maximum absolute atomic E-state index is 13.8. The van der Waals surface area contributed by atoms with Gasteiger partial charge in [0.2, 0.25) is 0 Å². The molecule has 2 aromatic heterocycles. The van der Waals surface area contributed by atoms with Crippen molar-refractivity contribution in [1.29, 1.82) is 0 Å². The van der Waals surface area contributed by atoms with Gasteiger partial charge in [0.1, 0.15) is 0 Å². The zero-order valence-electron chi connectivity index (χ0n) is 25.7. The summed E-state index contributed by atoms with van der Waals surface area (Å²) in [5, 5.41) is 4.89. The molecule has 3 nitrogen and oxygen atoms in total. The number of hydrogen-bond acceptors (Lipinski definition) is 2. The minimum Gasteiger partial charge on any atom is -0.275 e. The van der Waals surface area contributed by atoms with Crippen molar-refractivity contribution in [2.24, 2.45) is 0 Å². The fourth-order valence-electron chi connectivity index (χ4n) is 6.97. The molecular formula is C44H30N2O. The number of nitrogens with zero attached hydrogens (tertiary/aromatic N) is 2. The third-order valence-electron chi connectivity index (χ3n) is 9.05. The molecule has 0 saturated carbocycles. The zero-order chi connectivity index (χ0) is 31.9. The lowest BCUT2D eigenvalue weighted by Gasteiger charge is -2.21. The summed E-state index contributed by atoms with van der Waals surface area (Å²) in [6, 6.07) is 45.7. The van der Waals surface area contributed by atoms with E-state index in [4.69, 9.17) is 0 Å². The van der Waals surface area contributed by atoms with Crippen LogP contribution in [0.4, 0.5) is 0 Å². The van der Waals surface area contributed by atoms with E-state index in [1.54, 1.807) is 17.0 Å². The fourth-order valence-corrected chi connectivity index (χ4v) is 6.97. The minimum absolute atomic E-state index is 0.0597. The monoisotopic (exact) mass is 602 g/mol. The molecule has 0 spiro atoms. The molecule has 0 aliphatic heterocycles. The van der Waals surface area contributed by atoms with Gasteiger partial charge in [0.15, 0.2) is 0 Å². The Bertz CT molecular complexity index is 2550. The second kappa shape index (κ2) is 11.6. The first kappa shape index (κ1) is 28.2. The van der Waals surface area contributed by atoms with E-state index >= 15 is 0 Å². The molecule has 0 unspecified atom stereocenters. The van der Waals surface area contributed by atoms with Gasteiger partial charge in [-0.3, -0.25) is 14.3 Å². The summed E-state index contributed by atoms with van der Waals surface area (Å²) in [7, 11) is 0. The summed E-state index contributed by atoms with van der Waals surface area (Å²) in [5.41, 5.74) is 10.3. The molecule has 0 atom stereocenters. The third-order valence-corrected chi connectivity index (χ3v) is 9.05.